The number of amides is 2. The molecule has 1 aromatic heterocycles. The summed E-state index contributed by atoms with van der Waals surface area (Å²) in [6.45, 7) is 5.77. The first-order chi connectivity index (χ1) is 18.0. The quantitative estimate of drug-likeness (QED) is 0.365. The van der Waals surface area contributed by atoms with Gasteiger partial charge in [0.2, 0.25) is 0 Å². The average molecular weight is 526 g/mol. The van der Waals surface area contributed by atoms with E-state index in [0.717, 1.165) is 28.6 Å². The van der Waals surface area contributed by atoms with Crippen LogP contribution >= 0.6 is 11.6 Å². The van der Waals surface area contributed by atoms with Gasteiger partial charge < -0.3 is 24.0 Å². The van der Waals surface area contributed by atoms with Crippen LogP contribution in [0.5, 0.6) is 0 Å². The Labute approximate surface area is 222 Å². The van der Waals surface area contributed by atoms with Gasteiger partial charge in [-0.15, -0.1) is 0 Å². The highest BCUT2D eigenvalue weighted by Gasteiger charge is 2.26. The number of carbonyl (C=O) groups excluding carboxylic acids is 2. The van der Waals surface area contributed by atoms with Gasteiger partial charge in [-0.3, -0.25) is 4.79 Å². The molecule has 1 aliphatic rings. The molecule has 196 valence electrons. The number of rotatable bonds is 9. The fourth-order valence-electron chi connectivity index (χ4n) is 4.13. The second-order valence-corrected chi connectivity index (χ2v) is 9.26. The fraction of sp³-hybridized carbons (Fsp3) is 0.393. The molecule has 0 saturated carbocycles. The molecule has 0 aliphatic carbocycles. The van der Waals surface area contributed by atoms with Crippen LogP contribution < -0.4 is 0 Å². The molecular formula is C28H32ClN3O5. The van der Waals surface area contributed by atoms with Crippen molar-refractivity contribution in [1.82, 2.24) is 14.8 Å². The SMILES string of the molecule is CCCOC(=O)N1CCN(C(=O)c2ccc3c(Cl)cc(-c4ccc(COCCOC)cc4)nc3c2)CC1. The van der Waals surface area contributed by atoms with Gasteiger partial charge in [0.15, 0.2) is 0 Å². The maximum absolute atomic E-state index is 13.2. The molecule has 1 saturated heterocycles. The fourth-order valence-corrected chi connectivity index (χ4v) is 4.39. The van der Waals surface area contributed by atoms with Crippen molar-refractivity contribution in [1.29, 1.82) is 0 Å². The summed E-state index contributed by atoms with van der Waals surface area (Å²) in [6.07, 6.45) is 0.458. The number of halogens is 1. The van der Waals surface area contributed by atoms with Gasteiger partial charge in [0, 0.05) is 49.8 Å². The second kappa shape index (κ2) is 12.9. The van der Waals surface area contributed by atoms with Gasteiger partial charge in [-0.05, 0) is 30.2 Å². The zero-order valence-corrected chi connectivity index (χ0v) is 22.0. The molecular weight excluding hydrogens is 494 g/mol. The molecule has 4 rings (SSSR count). The number of aromatic nitrogens is 1. The monoisotopic (exact) mass is 525 g/mol. The first kappa shape index (κ1) is 26.9. The largest absolute Gasteiger partial charge is 0.449 e. The lowest BCUT2D eigenvalue weighted by Crippen LogP contribution is -2.50. The minimum absolute atomic E-state index is 0.0929. The van der Waals surface area contributed by atoms with Crippen LogP contribution in [0, 0.1) is 0 Å². The van der Waals surface area contributed by atoms with E-state index in [-0.39, 0.29) is 12.0 Å². The molecule has 0 bridgehead atoms. The van der Waals surface area contributed by atoms with Crippen molar-refractivity contribution >= 4 is 34.5 Å². The van der Waals surface area contributed by atoms with Crippen LogP contribution in [-0.4, -0.2) is 79.9 Å². The maximum atomic E-state index is 13.2. The van der Waals surface area contributed by atoms with Gasteiger partial charge in [0.05, 0.1) is 42.7 Å². The van der Waals surface area contributed by atoms with Gasteiger partial charge in [0.25, 0.3) is 5.91 Å². The van der Waals surface area contributed by atoms with E-state index in [4.69, 9.17) is 30.8 Å². The summed E-state index contributed by atoms with van der Waals surface area (Å²) in [6, 6.07) is 15.2. The molecule has 2 heterocycles. The van der Waals surface area contributed by atoms with Crippen LogP contribution in [0.2, 0.25) is 5.02 Å². The van der Waals surface area contributed by atoms with E-state index in [2.05, 4.69) is 0 Å². The highest BCUT2D eigenvalue weighted by molar-refractivity contribution is 6.35. The first-order valence-corrected chi connectivity index (χ1v) is 12.8. The highest BCUT2D eigenvalue weighted by Crippen LogP contribution is 2.29. The third kappa shape index (κ3) is 6.77. The number of ether oxygens (including phenoxy) is 3. The van der Waals surface area contributed by atoms with Crippen LogP contribution in [0.4, 0.5) is 4.79 Å². The van der Waals surface area contributed by atoms with E-state index in [1.165, 1.54) is 0 Å². The molecule has 37 heavy (non-hydrogen) atoms. The van der Waals surface area contributed by atoms with Crippen LogP contribution in [-0.2, 0) is 20.8 Å². The van der Waals surface area contributed by atoms with Crippen LogP contribution in [0.3, 0.4) is 0 Å². The molecule has 0 atom stereocenters. The molecule has 2 amide bonds. The summed E-state index contributed by atoms with van der Waals surface area (Å²) >= 11 is 6.59. The summed E-state index contributed by atoms with van der Waals surface area (Å²) < 4.78 is 15.8. The predicted molar refractivity (Wildman–Crippen MR) is 143 cm³/mol. The lowest BCUT2D eigenvalue weighted by Gasteiger charge is -2.34. The number of piperazine rings is 1. The van der Waals surface area contributed by atoms with Gasteiger partial charge in [0.1, 0.15) is 0 Å². The smallest absolute Gasteiger partial charge is 0.409 e. The van der Waals surface area contributed by atoms with Crippen molar-refractivity contribution in [2.45, 2.75) is 20.0 Å². The molecule has 1 aliphatic heterocycles. The van der Waals surface area contributed by atoms with E-state index < -0.39 is 0 Å². The molecule has 0 unspecified atom stereocenters. The zero-order valence-electron chi connectivity index (χ0n) is 21.2. The Hall–Kier alpha value is -3.20. The number of hydrogen-bond acceptors (Lipinski definition) is 6. The number of benzene rings is 2. The van der Waals surface area contributed by atoms with E-state index in [1.54, 1.807) is 29.0 Å². The first-order valence-electron chi connectivity index (χ1n) is 12.5. The Balaban J connectivity index is 1.46. The summed E-state index contributed by atoms with van der Waals surface area (Å²) in [5, 5.41) is 1.36. The number of fused-ring (bicyclic) bond motifs is 1. The number of hydrogen-bond donors (Lipinski definition) is 0. The van der Waals surface area contributed by atoms with E-state index in [1.807, 2.05) is 43.3 Å². The number of carbonyl (C=O) groups is 2. The maximum Gasteiger partial charge on any atom is 0.409 e. The van der Waals surface area contributed by atoms with E-state index in [0.29, 0.717) is 68.7 Å². The summed E-state index contributed by atoms with van der Waals surface area (Å²) in [4.78, 5) is 33.5. The lowest BCUT2D eigenvalue weighted by molar-refractivity contribution is 0.0560. The average Bonchev–Trinajstić information content (AvgIpc) is 2.93. The molecule has 0 N–H and O–H groups in total. The number of methoxy groups -OCH3 is 1. The Morgan fingerprint density at radius 3 is 2.38 bits per heavy atom. The molecule has 0 radical (unpaired) electrons. The van der Waals surface area contributed by atoms with Gasteiger partial charge in [-0.2, -0.15) is 0 Å². The normalized spacial score (nSPS) is 13.7. The van der Waals surface area contributed by atoms with Crippen LogP contribution in [0.15, 0.2) is 48.5 Å². The minimum atomic E-state index is -0.322. The van der Waals surface area contributed by atoms with Gasteiger partial charge in [-0.25, -0.2) is 9.78 Å². The molecule has 3 aromatic rings. The summed E-state index contributed by atoms with van der Waals surface area (Å²) in [5.41, 5.74) is 3.90. The number of pyridine rings is 1. The van der Waals surface area contributed by atoms with Crippen molar-refractivity contribution in [2.75, 3.05) is 53.1 Å². The standard InChI is InChI=1S/C28H32ClN3O5/c1-3-14-37-28(34)32-12-10-31(11-13-32)27(33)22-8-9-23-24(29)18-25(30-26(23)17-22)21-6-4-20(5-7-21)19-36-16-15-35-2/h4-9,17-18H,3,10-16,19H2,1-2H3. The molecule has 1 fully saturated rings. The Bertz CT molecular complexity index is 1230. The summed E-state index contributed by atoms with van der Waals surface area (Å²) in [7, 11) is 1.65. The minimum Gasteiger partial charge on any atom is -0.449 e. The van der Waals surface area contributed by atoms with Crippen LogP contribution in [0.25, 0.3) is 22.2 Å². The number of nitrogens with zero attached hydrogens (tertiary/aromatic N) is 3. The molecule has 2 aromatic carbocycles. The lowest BCUT2D eigenvalue weighted by atomic mass is 10.1. The van der Waals surface area contributed by atoms with Gasteiger partial charge >= 0.3 is 6.09 Å². The third-order valence-corrected chi connectivity index (χ3v) is 6.52. The molecule has 0 spiro atoms. The van der Waals surface area contributed by atoms with Crippen molar-refractivity contribution in [3.05, 3.63) is 64.7 Å². The Kier molecular flexibility index (Phi) is 9.33. The Morgan fingerprint density at radius 2 is 1.68 bits per heavy atom. The van der Waals surface area contributed by atoms with Crippen LogP contribution in [0.1, 0.15) is 29.3 Å². The highest BCUT2D eigenvalue weighted by atomic mass is 35.5. The van der Waals surface area contributed by atoms with Crippen molar-refractivity contribution < 1.29 is 23.8 Å². The van der Waals surface area contributed by atoms with Crippen molar-refractivity contribution in [2.24, 2.45) is 0 Å². The zero-order chi connectivity index (χ0) is 26.2. The van der Waals surface area contributed by atoms with E-state index in [9.17, 15) is 9.59 Å². The third-order valence-electron chi connectivity index (χ3n) is 6.21. The van der Waals surface area contributed by atoms with E-state index >= 15 is 0 Å². The van der Waals surface area contributed by atoms with Gasteiger partial charge in [-0.1, -0.05) is 48.9 Å². The van der Waals surface area contributed by atoms with Crippen molar-refractivity contribution in [3.63, 3.8) is 0 Å². The second-order valence-electron chi connectivity index (χ2n) is 8.86. The molecule has 8 nitrogen and oxygen atoms in total. The Morgan fingerprint density at radius 1 is 0.946 bits per heavy atom. The predicted octanol–water partition coefficient (Wildman–Crippen LogP) is 5.02. The summed E-state index contributed by atoms with van der Waals surface area (Å²) in [5.74, 6) is -0.0929. The topological polar surface area (TPSA) is 81.2 Å². The molecule has 9 heteroatoms. The van der Waals surface area contributed by atoms with Crippen molar-refractivity contribution in [3.8, 4) is 11.3 Å².